The van der Waals surface area contributed by atoms with Gasteiger partial charge < -0.3 is 5.11 Å². The van der Waals surface area contributed by atoms with E-state index in [1.807, 2.05) is 48.7 Å². The Morgan fingerprint density at radius 2 is 1.96 bits per heavy atom. The van der Waals surface area contributed by atoms with Crippen molar-refractivity contribution in [3.05, 3.63) is 71.0 Å². The number of aromatic nitrogens is 2. The number of phenolic OH excluding ortho intramolecular Hbond substituents is 1. The van der Waals surface area contributed by atoms with Gasteiger partial charge in [-0.05, 0) is 43.1 Å². The predicted octanol–water partition coefficient (Wildman–Crippen LogP) is 4.82. The van der Waals surface area contributed by atoms with E-state index in [2.05, 4.69) is 15.1 Å². The minimum Gasteiger partial charge on any atom is -0.508 e. The van der Waals surface area contributed by atoms with E-state index in [9.17, 15) is 5.11 Å². The molecule has 0 amide bonds. The molecule has 0 spiro atoms. The zero-order valence-electron chi connectivity index (χ0n) is 14.5. The van der Waals surface area contributed by atoms with Gasteiger partial charge in [-0.1, -0.05) is 41.9 Å². The molecule has 0 saturated carbocycles. The van der Waals surface area contributed by atoms with E-state index in [0.717, 1.165) is 54.2 Å². The van der Waals surface area contributed by atoms with Crippen LogP contribution in [-0.2, 0) is 6.54 Å². The second-order valence-electron chi connectivity index (χ2n) is 6.91. The molecule has 2 heterocycles. The number of benzene rings is 2. The van der Waals surface area contributed by atoms with E-state index in [1.165, 1.54) is 5.69 Å². The molecule has 26 heavy (non-hydrogen) atoms. The number of aromatic hydroxyl groups is 1. The Morgan fingerprint density at radius 1 is 1.15 bits per heavy atom. The molecule has 2 N–H and O–H groups in total. The molecule has 1 atom stereocenters. The first-order chi connectivity index (χ1) is 12.7. The molecular formula is C21H22ClN3O. The molecule has 5 heteroatoms. The van der Waals surface area contributed by atoms with Gasteiger partial charge in [-0.25, -0.2) is 0 Å². The molecule has 3 aromatic rings. The van der Waals surface area contributed by atoms with Gasteiger partial charge in [0.15, 0.2) is 0 Å². The van der Waals surface area contributed by atoms with Gasteiger partial charge in [-0.3, -0.25) is 10.00 Å². The van der Waals surface area contributed by atoms with E-state index in [0.29, 0.717) is 11.7 Å². The number of likely N-dealkylation sites (tertiary alicyclic amines) is 1. The molecule has 0 radical (unpaired) electrons. The van der Waals surface area contributed by atoms with Crippen LogP contribution < -0.4 is 0 Å². The number of para-hydroxylation sites is 1. The van der Waals surface area contributed by atoms with Gasteiger partial charge in [0.1, 0.15) is 5.75 Å². The summed E-state index contributed by atoms with van der Waals surface area (Å²) in [4.78, 5) is 2.41. The summed E-state index contributed by atoms with van der Waals surface area (Å²) in [5.41, 5.74) is 4.46. The van der Waals surface area contributed by atoms with Crippen LogP contribution in [-0.4, -0.2) is 33.3 Å². The number of phenols is 1. The summed E-state index contributed by atoms with van der Waals surface area (Å²) < 4.78 is 0. The van der Waals surface area contributed by atoms with Gasteiger partial charge in [0, 0.05) is 40.9 Å². The second kappa shape index (κ2) is 7.52. The van der Waals surface area contributed by atoms with Gasteiger partial charge in [-0.2, -0.15) is 5.10 Å². The van der Waals surface area contributed by atoms with Crippen molar-refractivity contribution in [1.29, 1.82) is 0 Å². The van der Waals surface area contributed by atoms with Gasteiger partial charge in [0.25, 0.3) is 0 Å². The highest BCUT2D eigenvalue weighted by atomic mass is 35.5. The van der Waals surface area contributed by atoms with Crippen molar-refractivity contribution in [2.45, 2.75) is 25.3 Å². The predicted molar refractivity (Wildman–Crippen MR) is 104 cm³/mol. The molecule has 1 aliphatic heterocycles. The normalized spacial score (nSPS) is 18.1. The lowest BCUT2D eigenvalue weighted by molar-refractivity contribution is 0.197. The van der Waals surface area contributed by atoms with E-state index >= 15 is 0 Å². The summed E-state index contributed by atoms with van der Waals surface area (Å²) in [6.45, 7) is 2.78. The number of rotatable bonds is 4. The minimum atomic E-state index is 0.373. The Balaban J connectivity index is 1.53. The number of halogens is 1. The summed E-state index contributed by atoms with van der Waals surface area (Å²) in [6.07, 6.45) is 4.18. The van der Waals surface area contributed by atoms with Crippen LogP contribution in [0.25, 0.3) is 11.1 Å². The van der Waals surface area contributed by atoms with Crippen molar-refractivity contribution in [3.63, 3.8) is 0 Å². The van der Waals surface area contributed by atoms with Crippen molar-refractivity contribution >= 4 is 11.6 Å². The van der Waals surface area contributed by atoms with E-state index in [-0.39, 0.29) is 0 Å². The SMILES string of the molecule is Oc1ccccc1CN1CCC[C@H](c2[nH]ncc2-c2ccc(Cl)cc2)C1. The lowest BCUT2D eigenvalue weighted by Crippen LogP contribution is -2.34. The number of H-pyrrole nitrogens is 1. The minimum absolute atomic E-state index is 0.373. The van der Waals surface area contributed by atoms with Gasteiger partial charge in [0.05, 0.1) is 6.20 Å². The van der Waals surface area contributed by atoms with Gasteiger partial charge in [-0.15, -0.1) is 0 Å². The Labute approximate surface area is 158 Å². The first kappa shape index (κ1) is 17.1. The van der Waals surface area contributed by atoms with Crippen LogP contribution in [0.3, 0.4) is 0 Å². The monoisotopic (exact) mass is 367 g/mol. The Morgan fingerprint density at radius 3 is 2.77 bits per heavy atom. The van der Waals surface area contributed by atoms with Crippen molar-refractivity contribution in [2.24, 2.45) is 0 Å². The van der Waals surface area contributed by atoms with Crippen molar-refractivity contribution in [3.8, 4) is 16.9 Å². The fourth-order valence-corrected chi connectivity index (χ4v) is 3.91. The Kier molecular flexibility index (Phi) is 4.96. The summed E-state index contributed by atoms with van der Waals surface area (Å²) in [5, 5.41) is 18.3. The average molecular weight is 368 g/mol. The highest BCUT2D eigenvalue weighted by Crippen LogP contribution is 2.34. The van der Waals surface area contributed by atoms with Gasteiger partial charge in [0.2, 0.25) is 0 Å². The standard InChI is InChI=1S/C21H22ClN3O/c22-18-9-7-15(8-10-18)19-12-23-24-21(19)17-5-3-11-25(14-17)13-16-4-1-2-6-20(16)26/h1-2,4,6-10,12,17,26H,3,5,11,13-14H2,(H,23,24)/t17-/m0/s1. The van der Waals surface area contributed by atoms with E-state index < -0.39 is 0 Å². The summed E-state index contributed by atoms with van der Waals surface area (Å²) in [6, 6.07) is 15.5. The largest absolute Gasteiger partial charge is 0.508 e. The van der Waals surface area contributed by atoms with Crippen molar-refractivity contribution in [1.82, 2.24) is 15.1 Å². The fourth-order valence-electron chi connectivity index (χ4n) is 3.79. The third-order valence-electron chi connectivity index (χ3n) is 5.12. The summed E-state index contributed by atoms with van der Waals surface area (Å²) in [7, 11) is 0. The van der Waals surface area contributed by atoms with Crippen LogP contribution in [0.15, 0.2) is 54.7 Å². The number of piperidine rings is 1. The summed E-state index contributed by atoms with van der Waals surface area (Å²) >= 11 is 6.02. The average Bonchev–Trinajstić information content (AvgIpc) is 3.14. The van der Waals surface area contributed by atoms with Gasteiger partial charge >= 0.3 is 0 Å². The lowest BCUT2D eigenvalue weighted by Gasteiger charge is -2.32. The molecule has 1 saturated heterocycles. The van der Waals surface area contributed by atoms with Crippen LogP contribution in [0.4, 0.5) is 0 Å². The van der Waals surface area contributed by atoms with Crippen LogP contribution >= 0.6 is 11.6 Å². The van der Waals surface area contributed by atoms with Crippen LogP contribution in [0.1, 0.15) is 30.0 Å². The van der Waals surface area contributed by atoms with Crippen molar-refractivity contribution < 1.29 is 5.11 Å². The zero-order chi connectivity index (χ0) is 17.9. The van der Waals surface area contributed by atoms with Crippen LogP contribution in [0.2, 0.25) is 5.02 Å². The molecule has 1 fully saturated rings. The van der Waals surface area contributed by atoms with E-state index in [1.54, 1.807) is 6.07 Å². The first-order valence-corrected chi connectivity index (χ1v) is 9.37. The third-order valence-corrected chi connectivity index (χ3v) is 5.38. The molecule has 4 nitrogen and oxygen atoms in total. The fraction of sp³-hybridized carbons (Fsp3) is 0.286. The summed E-state index contributed by atoms with van der Waals surface area (Å²) in [5.74, 6) is 0.779. The Hall–Kier alpha value is -2.30. The smallest absolute Gasteiger partial charge is 0.120 e. The highest BCUT2D eigenvalue weighted by Gasteiger charge is 2.25. The molecule has 4 rings (SSSR count). The topological polar surface area (TPSA) is 52.1 Å². The lowest BCUT2D eigenvalue weighted by atomic mass is 9.90. The maximum absolute atomic E-state index is 10.1. The molecule has 0 unspecified atom stereocenters. The molecule has 1 aliphatic rings. The third kappa shape index (κ3) is 3.62. The molecule has 1 aromatic heterocycles. The maximum atomic E-state index is 10.1. The maximum Gasteiger partial charge on any atom is 0.120 e. The number of hydrogen-bond acceptors (Lipinski definition) is 3. The first-order valence-electron chi connectivity index (χ1n) is 8.99. The molecule has 0 aliphatic carbocycles. The molecule has 134 valence electrons. The second-order valence-corrected chi connectivity index (χ2v) is 7.34. The molecule has 0 bridgehead atoms. The molecule has 2 aromatic carbocycles. The Bertz CT molecular complexity index is 875. The number of hydrogen-bond donors (Lipinski definition) is 2. The number of nitrogens with one attached hydrogen (secondary N) is 1. The quantitative estimate of drug-likeness (QED) is 0.695. The highest BCUT2D eigenvalue weighted by molar-refractivity contribution is 6.30. The van der Waals surface area contributed by atoms with Crippen molar-refractivity contribution in [2.75, 3.05) is 13.1 Å². The van der Waals surface area contributed by atoms with Crippen LogP contribution in [0, 0.1) is 0 Å². The number of aromatic amines is 1. The zero-order valence-corrected chi connectivity index (χ0v) is 15.3. The van der Waals surface area contributed by atoms with Crippen LogP contribution in [0.5, 0.6) is 5.75 Å². The molecular weight excluding hydrogens is 346 g/mol. The number of nitrogens with zero attached hydrogens (tertiary/aromatic N) is 2. The van der Waals surface area contributed by atoms with E-state index in [4.69, 9.17) is 11.6 Å².